The zero-order valence-corrected chi connectivity index (χ0v) is 11.7. The Morgan fingerprint density at radius 1 is 1.58 bits per heavy atom. The average Bonchev–Trinajstić information content (AvgIpc) is 2.71. The fourth-order valence-corrected chi connectivity index (χ4v) is 3.57. The first-order valence-electron chi connectivity index (χ1n) is 7.21. The molecule has 0 saturated heterocycles. The SMILES string of the molecule is CCOC1CC(NC(=O)c2cccn2C)C12CCC2. The van der Waals surface area contributed by atoms with Crippen molar-refractivity contribution in [2.45, 2.75) is 44.8 Å². The van der Waals surface area contributed by atoms with Gasteiger partial charge in [-0.25, -0.2) is 0 Å². The molecular formula is C15H22N2O2. The maximum atomic E-state index is 12.2. The molecule has 4 heteroatoms. The average molecular weight is 262 g/mol. The second-order valence-electron chi connectivity index (χ2n) is 5.80. The lowest BCUT2D eigenvalue weighted by molar-refractivity contribution is -0.169. The summed E-state index contributed by atoms with van der Waals surface area (Å²) in [5, 5.41) is 3.20. The van der Waals surface area contributed by atoms with E-state index >= 15 is 0 Å². The minimum atomic E-state index is 0.0405. The number of aromatic nitrogens is 1. The molecule has 0 radical (unpaired) electrons. The van der Waals surface area contributed by atoms with Crippen LogP contribution in [0.1, 0.15) is 43.1 Å². The van der Waals surface area contributed by atoms with Crippen LogP contribution in [0.25, 0.3) is 0 Å². The standard InChI is InChI=1S/C15H22N2O2/c1-3-19-13-10-12(15(13)7-5-8-15)16-14(18)11-6-4-9-17(11)2/h4,6,9,12-13H,3,5,7-8,10H2,1-2H3,(H,16,18). The maximum Gasteiger partial charge on any atom is 0.268 e. The molecule has 2 aliphatic rings. The van der Waals surface area contributed by atoms with Crippen LogP contribution >= 0.6 is 0 Å². The lowest BCUT2D eigenvalue weighted by Gasteiger charge is -2.60. The highest BCUT2D eigenvalue weighted by atomic mass is 16.5. The van der Waals surface area contributed by atoms with Gasteiger partial charge < -0.3 is 14.6 Å². The number of nitrogens with zero attached hydrogens (tertiary/aromatic N) is 1. The highest BCUT2D eigenvalue weighted by molar-refractivity contribution is 5.93. The van der Waals surface area contributed by atoms with Crippen molar-refractivity contribution in [3.8, 4) is 0 Å². The summed E-state index contributed by atoms with van der Waals surface area (Å²) < 4.78 is 7.67. The molecule has 104 valence electrons. The van der Waals surface area contributed by atoms with Gasteiger partial charge in [0.15, 0.2) is 0 Å². The molecule has 4 nitrogen and oxygen atoms in total. The number of hydrogen-bond acceptors (Lipinski definition) is 2. The van der Waals surface area contributed by atoms with Gasteiger partial charge in [-0.05, 0) is 38.3 Å². The topological polar surface area (TPSA) is 43.3 Å². The van der Waals surface area contributed by atoms with Gasteiger partial charge in [0.1, 0.15) is 5.69 Å². The first kappa shape index (κ1) is 12.7. The van der Waals surface area contributed by atoms with Crippen molar-refractivity contribution < 1.29 is 9.53 Å². The summed E-state index contributed by atoms with van der Waals surface area (Å²) >= 11 is 0. The van der Waals surface area contributed by atoms with Gasteiger partial charge in [-0.3, -0.25) is 4.79 Å². The van der Waals surface area contributed by atoms with Crippen molar-refractivity contribution in [3.63, 3.8) is 0 Å². The molecule has 19 heavy (non-hydrogen) atoms. The van der Waals surface area contributed by atoms with Gasteiger partial charge in [-0.2, -0.15) is 0 Å². The lowest BCUT2D eigenvalue weighted by Crippen LogP contribution is -2.67. The number of ether oxygens (including phenoxy) is 1. The molecule has 1 aromatic heterocycles. The molecule has 0 aliphatic heterocycles. The third-order valence-corrected chi connectivity index (χ3v) is 4.92. The Kier molecular flexibility index (Phi) is 3.13. The minimum absolute atomic E-state index is 0.0405. The monoisotopic (exact) mass is 262 g/mol. The van der Waals surface area contributed by atoms with Crippen LogP contribution in [0.2, 0.25) is 0 Å². The van der Waals surface area contributed by atoms with Crippen LogP contribution in [-0.2, 0) is 11.8 Å². The summed E-state index contributed by atoms with van der Waals surface area (Å²) in [5.41, 5.74) is 0.964. The Hall–Kier alpha value is -1.29. The van der Waals surface area contributed by atoms with E-state index in [-0.39, 0.29) is 11.3 Å². The van der Waals surface area contributed by atoms with E-state index < -0.39 is 0 Å². The quantitative estimate of drug-likeness (QED) is 0.903. The van der Waals surface area contributed by atoms with Crippen LogP contribution in [0.3, 0.4) is 0 Å². The number of carbonyl (C=O) groups is 1. The van der Waals surface area contributed by atoms with Crippen molar-refractivity contribution >= 4 is 5.91 Å². The third kappa shape index (κ3) is 1.89. The van der Waals surface area contributed by atoms with E-state index in [9.17, 15) is 4.79 Å². The molecule has 3 rings (SSSR count). The van der Waals surface area contributed by atoms with E-state index in [1.807, 2.05) is 36.9 Å². The summed E-state index contributed by atoms with van der Waals surface area (Å²) in [7, 11) is 1.90. The smallest absolute Gasteiger partial charge is 0.268 e. The highest BCUT2D eigenvalue weighted by Gasteiger charge is 2.59. The fourth-order valence-electron chi connectivity index (χ4n) is 3.57. The van der Waals surface area contributed by atoms with E-state index in [1.54, 1.807) is 0 Å². The van der Waals surface area contributed by atoms with Crippen molar-refractivity contribution in [1.82, 2.24) is 9.88 Å². The molecule has 0 bridgehead atoms. The van der Waals surface area contributed by atoms with Crippen LogP contribution in [0.15, 0.2) is 18.3 Å². The molecule has 1 heterocycles. The van der Waals surface area contributed by atoms with Crippen LogP contribution in [0.4, 0.5) is 0 Å². The van der Waals surface area contributed by atoms with Gasteiger partial charge in [-0.15, -0.1) is 0 Å². The third-order valence-electron chi connectivity index (χ3n) is 4.92. The van der Waals surface area contributed by atoms with Crippen LogP contribution in [-0.4, -0.2) is 29.2 Å². The molecule has 2 atom stereocenters. The van der Waals surface area contributed by atoms with E-state index in [4.69, 9.17) is 4.74 Å². The van der Waals surface area contributed by atoms with Crippen molar-refractivity contribution in [1.29, 1.82) is 0 Å². The predicted octanol–water partition coefficient (Wildman–Crippen LogP) is 2.10. The molecule has 2 unspecified atom stereocenters. The van der Waals surface area contributed by atoms with Crippen LogP contribution in [0, 0.1) is 5.41 Å². The Morgan fingerprint density at radius 2 is 2.37 bits per heavy atom. The van der Waals surface area contributed by atoms with Crippen molar-refractivity contribution in [2.75, 3.05) is 6.61 Å². The van der Waals surface area contributed by atoms with Gasteiger partial charge >= 0.3 is 0 Å². The first-order chi connectivity index (χ1) is 9.17. The second-order valence-corrected chi connectivity index (χ2v) is 5.80. The molecule has 0 aromatic carbocycles. The van der Waals surface area contributed by atoms with Gasteiger partial charge in [0.25, 0.3) is 5.91 Å². The molecule has 2 aliphatic carbocycles. The Bertz CT molecular complexity index is 476. The molecule has 2 saturated carbocycles. The van der Waals surface area contributed by atoms with E-state index in [0.717, 1.165) is 18.7 Å². The zero-order chi connectivity index (χ0) is 13.5. The summed E-state index contributed by atoms with van der Waals surface area (Å²) in [6.07, 6.45) is 6.86. The predicted molar refractivity (Wildman–Crippen MR) is 73.0 cm³/mol. The summed E-state index contributed by atoms with van der Waals surface area (Å²) in [6, 6.07) is 4.06. The normalized spacial score (nSPS) is 27.7. The molecule has 1 spiro atoms. The van der Waals surface area contributed by atoms with E-state index in [1.165, 1.54) is 19.3 Å². The minimum Gasteiger partial charge on any atom is -0.378 e. The van der Waals surface area contributed by atoms with E-state index in [0.29, 0.717) is 12.1 Å². The van der Waals surface area contributed by atoms with Gasteiger partial charge in [0, 0.05) is 31.3 Å². The summed E-state index contributed by atoms with van der Waals surface area (Å²) in [6.45, 7) is 2.81. The van der Waals surface area contributed by atoms with Crippen molar-refractivity contribution in [2.24, 2.45) is 12.5 Å². The summed E-state index contributed by atoms with van der Waals surface area (Å²) in [4.78, 5) is 12.2. The van der Waals surface area contributed by atoms with Crippen LogP contribution in [0.5, 0.6) is 0 Å². The Morgan fingerprint density at radius 3 is 2.89 bits per heavy atom. The van der Waals surface area contributed by atoms with Crippen molar-refractivity contribution in [3.05, 3.63) is 24.0 Å². The summed E-state index contributed by atoms with van der Waals surface area (Å²) in [5.74, 6) is 0.0405. The van der Waals surface area contributed by atoms with Crippen LogP contribution < -0.4 is 5.32 Å². The number of hydrogen-bond donors (Lipinski definition) is 1. The van der Waals surface area contributed by atoms with Gasteiger partial charge in [-0.1, -0.05) is 6.42 Å². The number of aryl methyl sites for hydroxylation is 1. The van der Waals surface area contributed by atoms with E-state index in [2.05, 4.69) is 5.32 Å². The number of amides is 1. The zero-order valence-electron chi connectivity index (χ0n) is 11.7. The molecular weight excluding hydrogens is 240 g/mol. The maximum absolute atomic E-state index is 12.2. The Labute approximate surface area is 114 Å². The molecule has 1 amide bonds. The van der Waals surface area contributed by atoms with Gasteiger partial charge in [0.05, 0.1) is 6.10 Å². The largest absolute Gasteiger partial charge is 0.378 e. The molecule has 2 fully saturated rings. The number of nitrogens with one attached hydrogen (secondary N) is 1. The lowest BCUT2D eigenvalue weighted by atomic mass is 9.51. The Balaban J connectivity index is 1.65. The first-order valence-corrected chi connectivity index (χ1v) is 7.21. The number of rotatable bonds is 4. The van der Waals surface area contributed by atoms with Gasteiger partial charge in [0.2, 0.25) is 0 Å². The molecule has 1 N–H and O–H groups in total. The second kappa shape index (κ2) is 4.67. The molecule has 1 aromatic rings. The number of carbonyl (C=O) groups excluding carboxylic acids is 1. The fraction of sp³-hybridized carbons (Fsp3) is 0.667. The highest BCUT2D eigenvalue weighted by Crippen LogP contribution is 2.57.